The van der Waals surface area contributed by atoms with Crippen LogP contribution in [0, 0.1) is 6.92 Å². The molecule has 0 atom stereocenters. The van der Waals surface area contributed by atoms with Crippen molar-refractivity contribution in [2.45, 2.75) is 18.7 Å². The maximum absolute atomic E-state index is 13.2. The normalized spacial score (nSPS) is 11.0. The summed E-state index contributed by atoms with van der Waals surface area (Å²) in [7, 11) is -2.92. The Kier molecular flexibility index (Phi) is 7.04. The van der Waals surface area contributed by atoms with Crippen LogP contribution >= 0.6 is 11.6 Å². The largest absolute Gasteiger partial charge is 0.465 e. The number of carbonyl (C=O) groups excluding carboxylic acids is 2. The zero-order valence-corrected chi connectivity index (χ0v) is 17.2. The summed E-state index contributed by atoms with van der Waals surface area (Å²) in [6, 6.07) is 10.2. The van der Waals surface area contributed by atoms with E-state index in [1.807, 2.05) is 6.92 Å². The summed E-state index contributed by atoms with van der Waals surface area (Å²) in [5.41, 5.74) is 0.948. The number of carbonyl (C=O) groups is 2. The van der Waals surface area contributed by atoms with Gasteiger partial charge >= 0.3 is 11.9 Å². The van der Waals surface area contributed by atoms with Crippen molar-refractivity contribution in [1.29, 1.82) is 0 Å². The third kappa shape index (κ3) is 4.82. The molecule has 2 aromatic rings. The number of aryl methyl sites for hydroxylation is 1. The minimum Gasteiger partial charge on any atom is -0.465 e. The number of sulfonamides is 1. The first kappa shape index (κ1) is 21.7. The van der Waals surface area contributed by atoms with Crippen LogP contribution in [-0.4, -0.2) is 40.6 Å². The van der Waals surface area contributed by atoms with E-state index in [1.165, 1.54) is 37.4 Å². The monoisotopic (exact) mass is 425 g/mol. The Hall–Kier alpha value is -2.58. The summed E-state index contributed by atoms with van der Waals surface area (Å²) in [5, 5.41) is 0.0967. The van der Waals surface area contributed by atoms with Crippen molar-refractivity contribution in [3.8, 4) is 0 Å². The lowest BCUT2D eigenvalue weighted by Crippen LogP contribution is -2.36. The smallest absolute Gasteiger partial charge is 0.339 e. The van der Waals surface area contributed by atoms with Crippen LogP contribution in [0.4, 0.5) is 5.69 Å². The molecule has 0 aliphatic heterocycles. The highest BCUT2D eigenvalue weighted by Crippen LogP contribution is 2.28. The minimum atomic E-state index is -4.11. The molecule has 0 unspecified atom stereocenters. The third-order valence-corrected chi connectivity index (χ3v) is 5.95. The summed E-state index contributed by atoms with van der Waals surface area (Å²) in [6.07, 6.45) is 0. The Morgan fingerprint density at radius 3 is 2.32 bits per heavy atom. The second-order valence-corrected chi connectivity index (χ2v) is 8.05. The van der Waals surface area contributed by atoms with Gasteiger partial charge in [-0.3, -0.25) is 9.10 Å². The molecular formula is C19H20ClNO6S. The fourth-order valence-electron chi connectivity index (χ4n) is 2.41. The average Bonchev–Trinajstić information content (AvgIpc) is 2.66. The Bertz CT molecular complexity index is 972. The summed E-state index contributed by atoms with van der Waals surface area (Å²) in [6.45, 7) is 2.99. The number of halogens is 1. The number of benzene rings is 2. The number of methoxy groups -OCH3 is 1. The zero-order chi connectivity index (χ0) is 20.9. The van der Waals surface area contributed by atoms with E-state index in [0.29, 0.717) is 0 Å². The fourth-order valence-corrected chi connectivity index (χ4v) is 4.01. The highest BCUT2D eigenvalue weighted by atomic mass is 35.5. The first-order chi connectivity index (χ1) is 13.2. The molecule has 0 N–H and O–H groups in total. The van der Waals surface area contributed by atoms with Crippen LogP contribution < -0.4 is 4.31 Å². The number of rotatable bonds is 7. The molecule has 0 aliphatic rings. The lowest BCUT2D eigenvalue weighted by Gasteiger charge is -2.24. The summed E-state index contributed by atoms with van der Waals surface area (Å²) >= 11 is 6.02. The van der Waals surface area contributed by atoms with E-state index in [2.05, 4.69) is 4.74 Å². The molecule has 0 spiro atoms. The number of hydrogen-bond donors (Lipinski definition) is 0. The molecule has 28 heavy (non-hydrogen) atoms. The van der Waals surface area contributed by atoms with Gasteiger partial charge in [-0.05, 0) is 44.2 Å². The van der Waals surface area contributed by atoms with Crippen molar-refractivity contribution in [3.05, 3.63) is 58.6 Å². The first-order valence-corrected chi connectivity index (χ1v) is 10.2. The second kappa shape index (κ2) is 9.07. The molecule has 9 heteroatoms. The van der Waals surface area contributed by atoms with Gasteiger partial charge in [-0.25, -0.2) is 13.2 Å². The van der Waals surface area contributed by atoms with E-state index in [-0.39, 0.29) is 27.8 Å². The van der Waals surface area contributed by atoms with Crippen molar-refractivity contribution in [2.75, 3.05) is 24.6 Å². The molecule has 0 aliphatic carbocycles. The molecule has 0 radical (unpaired) electrons. The Balaban J connectivity index is 2.58. The maximum atomic E-state index is 13.2. The number of nitrogens with zero attached hydrogens (tertiary/aromatic N) is 1. The molecule has 0 heterocycles. The summed E-state index contributed by atoms with van der Waals surface area (Å²) in [5.74, 6) is -1.46. The van der Waals surface area contributed by atoms with Crippen molar-refractivity contribution in [2.24, 2.45) is 0 Å². The molecule has 0 fully saturated rings. The molecule has 2 aromatic carbocycles. The van der Waals surface area contributed by atoms with Gasteiger partial charge in [-0.15, -0.1) is 0 Å². The van der Waals surface area contributed by atoms with E-state index in [9.17, 15) is 18.0 Å². The minimum absolute atomic E-state index is 0.00281. The lowest BCUT2D eigenvalue weighted by molar-refractivity contribution is -0.141. The lowest BCUT2D eigenvalue weighted by atomic mass is 10.2. The fraction of sp³-hybridized carbons (Fsp3) is 0.263. The number of ether oxygens (including phenoxy) is 2. The van der Waals surface area contributed by atoms with Crippen molar-refractivity contribution in [1.82, 2.24) is 0 Å². The standard InChI is InChI=1S/C19H20ClNO6S/c1-4-27-18(22)12-21(28(24,25)15-8-5-13(2)6-9-15)14-7-10-17(20)16(11-14)19(23)26-3/h5-11H,4,12H2,1-3H3. The molecule has 0 bridgehead atoms. The van der Waals surface area contributed by atoms with Crippen molar-refractivity contribution in [3.63, 3.8) is 0 Å². The predicted octanol–water partition coefficient (Wildman–Crippen LogP) is 3.19. The predicted molar refractivity (Wildman–Crippen MR) is 105 cm³/mol. The SMILES string of the molecule is CCOC(=O)CN(c1ccc(Cl)c(C(=O)OC)c1)S(=O)(=O)c1ccc(C)cc1. The van der Waals surface area contributed by atoms with Gasteiger partial charge in [0.2, 0.25) is 0 Å². The van der Waals surface area contributed by atoms with E-state index < -0.39 is 28.5 Å². The highest BCUT2D eigenvalue weighted by molar-refractivity contribution is 7.92. The molecule has 0 saturated heterocycles. The maximum Gasteiger partial charge on any atom is 0.339 e. The summed E-state index contributed by atoms with van der Waals surface area (Å²) < 4.78 is 36.8. The third-order valence-electron chi connectivity index (χ3n) is 3.83. The number of esters is 2. The zero-order valence-electron chi connectivity index (χ0n) is 15.6. The van der Waals surface area contributed by atoms with Crippen LogP contribution in [0.3, 0.4) is 0 Å². The summed E-state index contributed by atoms with van der Waals surface area (Å²) in [4.78, 5) is 24.0. The van der Waals surface area contributed by atoms with Gasteiger partial charge in [0.1, 0.15) is 6.54 Å². The average molecular weight is 426 g/mol. The molecule has 7 nitrogen and oxygen atoms in total. The first-order valence-electron chi connectivity index (χ1n) is 8.33. The Labute approximate surface area is 168 Å². The van der Waals surface area contributed by atoms with Crippen molar-refractivity contribution >= 4 is 39.3 Å². The molecule has 150 valence electrons. The Morgan fingerprint density at radius 1 is 1.11 bits per heavy atom. The van der Waals surface area contributed by atoms with Gasteiger partial charge in [0.25, 0.3) is 10.0 Å². The van der Waals surface area contributed by atoms with Gasteiger partial charge in [0.15, 0.2) is 0 Å². The van der Waals surface area contributed by atoms with Gasteiger partial charge in [0.05, 0.1) is 34.9 Å². The van der Waals surface area contributed by atoms with E-state index in [4.69, 9.17) is 16.3 Å². The molecular weight excluding hydrogens is 406 g/mol. The van der Waals surface area contributed by atoms with Crippen LogP contribution in [0.25, 0.3) is 0 Å². The van der Waals surface area contributed by atoms with Crippen LogP contribution in [0.1, 0.15) is 22.8 Å². The van der Waals surface area contributed by atoms with Crippen molar-refractivity contribution < 1.29 is 27.5 Å². The van der Waals surface area contributed by atoms with Crippen LogP contribution in [0.2, 0.25) is 5.02 Å². The van der Waals surface area contributed by atoms with E-state index >= 15 is 0 Å². The van der Waals surface area contributed by atoms with E-state index in [1.54, 1.807) is 19.1 Å². The number of anilines is 1. The van der Waals surface area contributed by atoms with Gasteiger partial charge in [0, 0.05) is 0 Å². The van der Waals surface area contributed by atoms with Crippen LogP contribution in [0.5, 0.6) is 0 Å². The highest BCUT2D eigenvalue weighted by Gasteiger charge is 2.29. The quantitative estimate of drug-likeness (QED) is 0.633. The topological polar surface area (TPSA) is 90.0 Å². The molecule has 0 saturated carbocycles. The van der Waals surface area contributed by atoms with Gasteiger partial charge in [-0.1, -0.05) is 29.3 Å². The Morgan fingerprint density at radius 2 is 1.75 bits per heavy atom. The molecule has 0 aromatic heterocycles. The molecule has 2 rings (SSSR count). The van der Waals surface area contributed by atoms with Gasteiger partial charge in [-0.2, -0.15) is 0 Å². The van der Waals surface area contributed by atoms with Gasteiger partial charge < -0.3 is 9.47 Å². The molecule has 0 amide bonds. The number of hydrogen-bond acceptors (Lipinski definition) is 6. The second-order valence-electron chi connectivity index (χ2n) is 5.79. The van der Waals surface area contributed by atoms with E-state index in [0.717, 1.165) is 9.87 Å². The van der Waals surface area contributed by atoms with Crippen LogP contribution in [-0.2, 0) is 24.3 Å². The van der Waals surface area contributed by atoms with Crippen LogP contribution in [0.15, 0.2) is 47.4 Å².